The molecule has 1 aromatic heterocycles. The van der Waals surface area contributed by atoms with Crippen molar-refractivity contribution >= 4 is 21.6 Å². The first-order valence-electron chi connectivity index (χ1n) is 4.19. The van der Waals surface area contributed by atoms with Crippen molar-refractivity contribution in [3.05, 3.63) is 46.3 Å². The van der Waals surface area contributed by atoms with Crippen molar-refractivity contribution in [2.75, 3.05) is 5.73 Å². The highest BCUT2D eigenvalue weighted by Crippen LogP contribution is 2.17. The monoisotopic (exact) mass is 252 g/mol. The summed E-state index contributed by atoms with van der Waals surface area (Å²) in [6.45, 7) is 0. The summed E-state index contributed by atoms with van der Waals surface area (Å²) in [5.74, 6) is 0.715. The topological polar surface area (TPSA) is 52.0 Å². The first kappa shape index (κ1) is 9.27. The molecule has 0 aliphatic heterocycles. The van der Waals surface area contributed by atoms with Gasteiger partial charge in [0.15, 0.2) is 5.76 Å². The summed E-state index contributed by atoms with van der Waals surface area (Å²) in [5.41, 5.74) is 7.41. The summed E-state index contributed by atoms with van der Waals surface area (Å²) in [4.78, 5) is 0. The number of halogens is 1. The minimum absolute atomic E-state index is 0.605. The number of nitrogen functional groups attached to an aromatic ring is 1. The lowest BCUT2D eigenvalue weighted by Gasteiger charge is -1.98. The Morgan fingerprint density at radius 1 is 1.29 bits per heavy atom. The van der Waals surface area contributed by atoms with Gasteiger partial charge in [0.25, 0.3) is 0 Å². The summed E-state index contributed by atoms with van der Waals surface area (Å²) < 4.78 is 6.07. The van der Waals surface area contributed by atoms with Crippen LogP contribution in [0, 0.1) is 0 Å². The Labute approximate surface area is 90.0 Å². The van der Waals surface area contributed by atoms with E-state index < -0.39 is 0 Å². The molecule has 72 valence electrons. The SMILES string of the molecule is Nc1cnoc1Cc1ccc(Br)cc1. The van der Waals surface area contributed by atoms with Crippen LogP contribution in [-0.2, 0) is 6.42 Å². The molecule has 0 unspecified atom stereocenters. The van der Waals surface area contributed by atoms with E-state index in [1.807, 2.05) is 24.3 Å². The van der Waals surface area contributed by atoms with E-state index in [0.29, 0.717) is 17.9 Å². The predicted molar refractivity (Wildman–Crippen MR) is 57.9 cm³/mol. The summed E-state index contributed by atoms with van der Waals surface area (Å²) in [5, 5.41) is 3.63. The molecule has 1 aromatic carbocycles. The molecule has 3 nitrogen and oxygen atoms in total. The Hall–Kier alpha value is -1.29. The maximum Gasteiger partial charge on any atom is 0.163 e. The molecule has 0 aliphatic rings. The molecule has 4 heteroatoms. The van der Waals surface area contributed by atoms with E-state index in [-0.39, 0.29) is 0 Å². The van der Waals surface area contributed by atoms with Gasteiger partial charge in [-0.3, -0.25) is 0 Å². The molecule has 0 atom stereocenters. The molecule has 0 saturated carbocycles. The number of hydrogen-bond donors (Lipinski definition) is 1. The third-order valence-electron chi connectivity index (χ3n) is 1.95. The molecule has 2 aromatic rings. The van der Waals surface area contributed by atoms with E-state index in [4.69, 9.17) is 10.3 Å². The minimum atomic E-state index is 0.605. The Kier molecular flexibility index (Phi) is 2.54. The first-order chi connectivity index (χ1) is 6.75. The summed E-state index contributed by atoms with van der Waals surface area (Å²) in [6, 6.07) is 8.02. The van der Waals surface area contributed by atoms with E-state index in [0.717, 1.165) is 10.0 Å². The maximum absolute atomic E-state index is 5.65. The molecular formula is C10H9BrN2O. The van der Waals surface area contributed by atoms with E-state index in [1.165, 1.54) is 6.20 Å². The number of nitrogens with two attached hydrogens (primary N) is 1. The molecule has 2 rings (SSSR count). The second-order valence-electron chi connectivity index (χ2n) is 3.01. The lowest BCUT2D eigenvalue weighted by Crippen LogP contribution is -1.91. The van der Waals surface area contributed by atoms with Crippen molar-refractivity contribution in [2.45, 2.75) is 6.42 Å². The summed E-state index contributed by atoms with van der Waals surface area (Å²) in [6.07, 6.45) is 2.20. The lowest BCUT2D eigenvalue weighted by atomic mass is 10.1. The molecule has 0 aliphatic carbocycles. The number of rotatable bonds is 2. The zero-order valence-corrected chi connectivity index (χ0v) is 8.99. The zero-order chi connectivity index (χ0) is 9.97. The second kappa shape index (κ2) is 3.84. The van der Waals surface area contributed by atoms with Crippen LogP contribution in [0.25, 0.3) is 0 Å². The number of anilines is 1. The molecule has 0 spiro atoms. The van der Waals surface area contributed by atoms with Crippen LogP contribution in [0.1, 0.15) is 11.3 Å². The molecule has 0 radical (unpaired) electrons. The van der Waals surface area contributed by atoms with Gasteiger partial charge in [0, 0.05) is 10.9 Å². The Morgan fingerprint density at radius 3 is 2.57 bits per heavy atom. The fraction of sp³-hybridized carbons (Fsp3) is 0.100. The molecule has 14 heavy (non-hydrogen) atoms. The van der Waals surface area contributed by atoms with Gasteiger partial charge in [-0.25, -0.2) is 0 Å². The Balaban J connectivity index is 2.19. The lowest BCUT2D eigenvalue weighted by molar-refractivity contribution is 0.390. The average Bonchev–Trinajstić information content (AvgIpc) is 2.56. The van der Waals surface area contributed by atoms with Gasteiger partial charge in [0.2, 0.25) is 0 Å². The van der Waals surface area contributed by atoms with Gasteiger partial charge in [0.05, 0.1) is 11.9 Å². The van der Waals surface area contributed by atoms with Gasteiger partial charge in [-0.2, -0.15) is 0 Å². The van der Waals surface area contributed by atoms with E-state index in [2.05, 4.69) is 21.1 Å². The smallest absolute Gasteiger partial charge is 0.163 e. The third-order valence-corrected chi connectivity index (χ3v) is 2.48. The molecule has 1 heterocycles. The van der Waals surface area contributed by atoms with Crippen molar-refractivity contribution in [2.24, 2.45) is 0 Å². The van der Waals surface area contributed by atoms with E-state index in [9.17, 15) is 0 Å². The van der Waals surface area contributed by atoms with Gasteiger partial charge in [-0.1, -0.05) is 33.2 Å². The van der Waals surface area contributed by atoms with Crippen molar-refractivity contribution in [3.63, 3.8) is 0 Å². The zero-order valence-electron chi connectivity index (χ0n) is 7.40. The van der Waals surface area contributed by atoms with Crippen LogP contribution in [0.15, 0.2) is 39.5 Å². The van der Waals surface area contributed by atoms with Crippen LogP contribution >= 0.6 is 15.9 Å². The van der Waals surface area contributed by atoms with Crippen LogP contribution in [-0.4, -0.2) is 5.16 Å². The first-order valence-corrected chi connectivity index (χ1v) is 4.98. The van der Waals surface area contributed by atoms with Crippen LogP contribution in [0.4, 0.5) is 5.69 Å². The highest BCUT2D eigenvalue weighted by Gasteiger charge is 2.05. The van der Waals surface area contributed by atoms with Gasteiger partial charge >= 0.3 is 0 Å². The van der Waals surface area contributed by atoms with Crippen molar-refractivity contribution in [3.8, 4) is 0 Å². The number of hydrogen-bond acceptors (Lipinski definition) is 3. The quantitative estimate of drug-likeness (QED) is 0.894. The number of benzene rings is 1. The van der Waals surface area contributed by atoms with Gasteiger partial charge < -0.3 is 10.3 Å². The molecule has 0 fully saturated rings. The largest absolute Gasteiger partial charge is 0.395 e. The highest BCUT2D eigenvalue weighted by molar-refractivity contribution is 9.10. The van der Waals surface area contributed by atoms with Gasteiger partial charge in [-0.15, -0.1) is 0 Å². The molecular weight excluding hydrogens is 244 g/mol. The van der Waals surface area contributed by atoms with E-state index >= 15 is 0 Å². The highest BCUT2D eigenvalue weighted by atomic mass is 79.9. The van der Waals surface area contributed by atoms with Crippen LogP contribution in [0.5, 0.6) is 0 Å². The number of aromatic nitrogens is 1. The molecule has 0 saturated heterocycles. The minimum Gasteiger partial charge on any atom is -0.395 e. The maximum atomic E-state index is 5.65. The van der Waals surface area contributed by atoms with Crippen molar-refractivity contribution in [1.29, 1.82) is 0 Å². The van der Waals surface area contributed by atoms with Crippen LogP contribution in [0.3, 0.4) is 0 Å². The summed E-state index contributed by atoms with van der Waals surface area (Å²) in [7, 11) is 0. The molecule has 2 N–H and O–H groups in total. The normalized spacial score (nSPS) is 10.4. The molecule has 0 amide bonds. The van der Waals surface area contributed by atoms with Gasteiger partial charge in [-0.05, 0) is 17.7 Å². The van der Waals surface area contributed by atoms with Crippen LogP contribution in [0.2, 0.25) is 0 Å². The Bertz CT molecular complexity index is 422. The standard InChI is InChI=1S/C10H9BrN2O/c11-8-3-1-7(2-4-8)5-10-9(12)6-13-14-10/h1-4,6H,5,12H2. The van der Waals surface area contributed by atoms with Gasteiger partial charge in [0.1, 0.15) is 0 Å². The summed E-state index contributed by atoms with van der Waals surface area (Å²) >= 11 is 3.38. The van der Waals surface area contributed by atoms with Crippen molar-refractivity contribution < 1.29 is 4.52 Å². The van der Waals surface area contributed by atoms with E-state index in [1.54, 1.807) is 0 Å². The number of nitrogens with zero attached hydrogens (tertiary/aromatic N) is 1. The third kappa shape index (κ3) is 1.96. The van der Waals surface area contributed by atoms with Crippen LogP contribution < -0.4 is 5.73 Å². The fourth-order valence-corrected chi connectivity index (χ4v) is 1.46. The van der Waals surface area contributed by atoms with Crippen molar-refractivity contribution in [1.82, 2.24) is 5.16 Å². The Morgan fingerprint density at radius 2 is 2.00 bits per heavy atom. The second-order valence-corrected chi connectivity index (χ2v) is 3.92. The predicted octanol–water partition coefficient (Wildman–Crippen LogP) is 2.61. The fourth-order valence-electron chi connectivity index (χ4n) is 1.19. The molecule has 0 bridgehead atoms. The average molecular weight is 253 g/mol.